The molecule has 2 unspecified atom stereocenters. The van der Waals surface area contributed by atoms with Crippen LogP contribution in [0.5, 0.6) is 0 Å². The standard InChI is InChI=1S/C18H20N2O4/c1-3-11(2)14-9-16(24-19-14)17(21)20-10-13-7-5-4-6-12(13)8-15(20)18(22)23/h4-7,9,11,15H,3,8,10H2,1-2H3,(H,22,23). The lowest BCUT2D eigenvalue weighted by molar-refractivity contribution is -0.142. The number of amides is 1. The van der Waals surface area contributed by atoms with E-state index in [0.717, 1.165) is 17.5 Å². The molecule has 2 heterocycles. The maximum atomic E-state index is 12.8. The van der Waals surface area contributed by atoms with Crippen LogP contribution in [0, 0.1) is 0 Å². The highest BCUT2D eigenvalue weighted by atomic mass is 16.5. The van der Waals surface area contributed by atoms with Crippen molar-refractivity contribution in [3.05, 3.63) is 52.9 Å². The van der Waals surface area contributed by atoms with Gasteiger partial charge in [-0.2, -0.15) is 0 Å². The highest BCUT2D eigenvalue weighted by molar-refractivity contribution is 5.94. The number of fused-ring (bicyclic) bond motifs is 1. The molecule has 3 rings (SSSR count). The smallest absolute Gasteiger partial charge is 0.326 e. The van der Waals surface area contributed by atoms with Gasteiger partial charge in [0, 0.05) is 24.9 Å². The van der Waals surface area contributed by atoms with E-state index in [1.807, 2.05) is 38.1 Å². The molecule has 6 nitrogen and oxygen atoms in total. The lowest BCUT2D eigenvalue weighted by Crippen LogP contribution is -2.48. The summed E-state index contributed by atoms with van der Waals surface area (Å²) in [5.41, 5.74) is 2.64. The van der Waals surface area contributed by atoms with Crippen molar-refractivity contribution < 1.29 is 19.2 Å². The van der Waals surface area contributed by atoms with Gasteiger partial charge in [0.05, 0.1) is 5.69 Å². The minimum atomic E-state index is -1.01. The van der Waals surface area contributed by atoms with Gasteiger partial charge < -0.3 is 14.5 Å². The van der Waals surface area contributed by atoms with Crippen LogP contribution in [0.2, 0.25) is 0 Å². The van der Waals surface area contributed by atoms with Gasteiger partial charge >= 0.3 is 5.97 Å². The van der Waals surface area contributed by atoms with E-state index in [9.17, 15) is 14.7 Å². The van der Waals surface area contributed by atoms with Crippen LogP contribution in [0.25, 0.3) is 0 Å². The van der Waals surface area contributed by atoms with E-state index in [2.05, 4.69) is 5.16 Å². The molecule has 0 fully saturated rings. The molecular weight excluding hydrogens is 308 g/mol. The van der Waals surface area contributed by atoms with E-state index in [1.165, 1.54) is 4.90 Å². The van der Waals surface area contributed by atoms with Crippen LogP contribution in [0.15, 0.2) is 34.9 Å². The number of benzene rings is 1. The Bertz CT molecular complexity index is 768. The molecule has 1 amide bonds. The summed E-state index contributed by atoms with van der Waals surface area (Å²) in [5, 5.41) is 13.5. The largest absolute Gasteiger partial charge is 0.480 e. The number of carboxylic acids is 1. The highest BCUT2D eigenvalue weighted by Gasteiger charge is 2.36. The number of nitrogens with zero attached hydrogens (tertiary/aromatic N) is 2. The van der Waals surface area contributed by atoms with Crippen molar-refractivity contribution in [1.82, 2.24) is 10.1 Å². The first-order valence-electron chi connectivity index (χ1n) is 8.08. The van der Waals surface area contributed by atoms with Gasteiger partial charge in [0.25, 0.3) is 5.91 Å². The zero-order valence-corrected chi connectivity index (χ0v) is 13.7. The van der Waals surface area contributed by atoms with Gasteiger partial charge in [0.2, 0.25) is 5.76 Å². The normalized spacial score (nSPS) is 18.1. The molecule has 1 N–H and O–H groups in total. The number of aliphatic carboxylic acids is 1. The van der Waals surface area contributed by atoms with Crippen molar-refractivity contribution in [3.8, 4) is 0 Å². The van der Waals surface area contributed by atoms with Crippen LogP contribution in [-0.2, 0) is 17.8 Å². The first-order valence-corrected chi connectivity index (χ1v) is 8.08. The molecule has 24 heavy (non-hydrogen) atoms. The van der Waals surface area contributed by atoms with Gasteiger partial charge in [0.15, 0.2) is 0 Å². The van der Waals surface area contributed by atoms with Gasteiger partial charge in [-0.3, -0.25) is 4.79 Å². The summed E-state index contributed by atoms with van der Waals surface area (Å²) in [7, 11) is 0. The number of hydrogen-bond donors (Lipinski definition) is 1. The molecule has 2 atom stereocenters. The summed E-state index contributed by atoms with van der Waals surface area (Å²) in [6.07, 6.45) is 1.18. The second kappa shape index (κ2) is 6.47. The number of aromatic nitrogens is 1. The summed E-state index contributed by atoms with van der Waals surface area (Å²) in [6, 6.07) is 8.31. The van der Waals surface area contributed by atoms with Crippen LogP contribution in [0.1, 0.15) is 53.6 Å². The van der Waals surface area contributed by atoms with Crippen molar-refractivity contribution in [2.75, 3.05) is 0 Å². The Morgan fingerprint density at radius 2 is 2.08 bits per heavy atom. The van der Waals surface area contributed by atoms with E-state index in [0.29, 0.717) is 12.1 Å². The van der Waals surface area contributed by atoms with Crippen LogP contribution in [-0.4, -0.2) is 33.1 Å². The molecule has 0 saturated heterocycles. The number of carboxylic acid groups (broad SMARTS) is 1. The molecule has 6 heteroatoms. The Balaban J connectivity index is 1.90. The van der Waals surface area contributed by atoms with Crippen LogP contribution in [0.4, 0.5) is 0 Å². The lowest BCUT2D eigenvalue weighted by Gasteiger charge is -2.33. The molecule has 0 aliphatic carbocycles. The Labute approximate surface area is 140 Å². The fourth-order valence-electron chi connectivity index (χ4n) is 2.93. The van der Waals surface area contributed by atoms with Gasteiger partial charge in [-0.1, -0.05) is 43.3 Å². The molecule has 1 aromatic carbocycles. The third-order valence-corrected chi connectivity index (χ3v) is 4.65. The van der Waals surface area contributed by atoms with Gasteiger partial charge in [-0.05, 0) is 17.5 Å². The SMILES string of the molecule is CCC(C)c1cc(C(=O)N2Cc3ccccc3CC2C(=O)O)on1. The minimum Gasteiger partial charge on any atom is -0.480 e. The first kappa shape index (κ1) is 16.2. The molecule has 1 aliphatic heterocycles. The average Bonchev–Trinajstić information content (AvgIpc) is 3.09. The Hall–Kier alpha value is -2.63. The third-order valence-electron chi connectivity index (χ3n) is 4.65. The quantitative estimate of drug-likeness (QED) is 0.933. The summed E-state index contributed by atoms with van der Waals surface area (Å²) >= 11 is 0. The summed E-state index contributed by atoms with van der Waals surface area (Å²) in [6.45, 7) is 4.29. The molecular formula is C18H20N2O4. The summed E-state index contributed by atoms with van der Waals surface area (Å²) in [4.78, 5) is 25.8. The molecule has 1 aromatic heterocycles. The number of hydrogen-bond acceptors (Lipinski definition) is 4. The van der Waals surface area contributed by atoms with Crippen molar-refractivity contribution in [2.24, 2.45) is 0 Å². The Morgan fingerprint density at radius 3 is 2.75 bits per heavy atom. The first-order chi connectivity index (χ1) is 11.5. The van der Waals surface area contributed by atoms with E-state index in [-0.39, 0.29) is 18.2 Å². The molecule has 1 aliphatic rings. The predicted molar refractivity (Wildman–Crippen MR) is 86.7 cm³/mol. The van der Waals surface area contributed by atoms with Crippen LogP contribution >= 0.6 is 0 Å². The zero-order valence-electron chi connectivity index (χ0n) is 13.7. The molecule has 126 valence electrons. The average molecular weight is 328 g/mol. The van der Waals surface area contributed by atoms with Gasteiger partial charge in [-0.15, -0.1) is 0 Å². The monoisotopic (exact) mass is 328 g/mol. The maximum Gasteiger partial charge on any atom is 0.326 e. The van der Waals surface area contributed by atoms with E-state index in [1.54, 1.807) is 6.07 Å². The van der Waals surface area contributed by atoms with E-state index >= 15 is 0 Å². The van der Waals surface area contributed by atoms with Crippen molar-refractivity contribution >= 4 is 11.9 Å². The summed E-state index contributed by atoms with van der Waals surface area (Å²) < 4.78 is 5.18. The van der Waals surface area contributed by atoms with Crippen molar-refractivity contribution in [1.29, 1.82) is 0 Å². The topological polar surface area (TPSA) is 83.6 Å². The second-order valence-corrected chi connectivity index (χ2v) is 6.19. The van der Waals surface area contributed by atoms with Crippen LogP contribution in [0.3, 0.4) is 0 Å². The highest BCUT2D eigenvalue weighted by Crippen LogP contribution is 2.26. The predicted octanol–water partition coefficient (Wildman–Crippen LogP) is 2.84. The van der Waals surface area contributed by atoms with E-state index < -0.39 is 17.9 Å². The minimum absolute atomic E-state index is 0.0935. The maximum absolute atomic E-state index is 12.8. The van der Waals surface area contributed by atoms with Gasteiger partial charge in [0.1, 0.15) is 6.04 Å². The van der Waals surface area contributed by atoms with Crippen molar-refractivity contribution in [2.45, 2.75) is 45.2 Å². The second-order valence-electron chi connectivity index (χ2n) is 6.19. The Morgan fingerprint density at radius 1 is 1.38 bits per heavy atom. The summed E-state index contributed by atoms with van der Waals surface area (Å²) in [5.74, 6) is -1.16. The Kier molecular flexibility index (Phi) is 4.38. The van der Waals surface area contributed by atoms with Crippen molar-refractivity contribution in [3.63, 3.8) is 0 Å². The molecule has 0 spiro atoms. The molecule has 0 saturated carbocycles. The fourth-order valence-corrected chi connectivity index (χ4v) is 2.93. The number of rotatable bonds is 4. The van der Waals surface area contributed by atoms with Crippen LogP contribution < -0.4 is 0 Å². The molecule has 2 aromatic rings. The number of carbonyl (C=O) groups is 2. The zero-order chi connectivity index (χ0) is 17.3. The fraction of sp³-hybridized carbons (Fsp3) is 0.389. The van der Waals surface area contributed by atoms with Gasteiger partial charge in [-0.25, -0.2) is 4.79 Å². The van der Waals surface area contributed by atoms with E-state index in [4.69, 9.17) is 4.52 Å². The third kappa shape index (κ3) is 2.91. The molecule has 0 radical (unpaired) electrons. The molecule has 0 bridgehead atoms. The lowest BCUT2D eigenvalue weighted by atomic mass is 9.93. The number of carbonyl (C=O) groups excluding carboxylic acids is 1.